The maximum absolute atomic E-state index is 13.7. The van der Waals surface area contributed by atoms with Gasteiger partial charge in [-0.25, -0.2) is 14.8 Å². The fourth-order valence-corrected chi connectivity index (χ4v) is 7.80. The van der Waals surface area contributed by atoms with Gasteiger partial charge in [0.15, 0.2) is 0 Å². The average molecular weight is 737 g/mol. The molecule has 4 aromatic rings. The first kappa shape index (κ1) is 38.3. The summed E-state index contributed by atoms with van der Waals surface area (Å²) in [6, 6.07) is 15.2. The molecule has 4 N–H and O–H groups in total. The van der Waals surface area contributed by atoms with Gasteiger partial charge in [-0.15, -0.1) is 0 Å². The van der Waals surface area contributed by atoms with E-state index in [4.69, 9.17) is 14.7 Å². The van der Waals surface area contributed by atoms with Gasteiger partial charge in [0.1, 0.15) is 23.7 Å². The Hall–Kier alpha value is -5.46. The number of hydrogen-bond donors (Lipinski definition) is 4. The van der Waals surface area contributed by atoms with Crippen LogP contribution in [0.2, 0.25) is 0 Å². The standard InChI is InChI=1S/C41H52N8O5/c1-7-10-34(48-21-8-11-31(37(48)51)47-40(53)54-6)36-42-23-32(45-36)29-16-12-27(13-17-29)28-14-18-30(19-15-28)33-24-43-39(46-33)41(5)20-9-22-49(41)38(52)35(25(2)3)44-26(4)50/h12-19,23-25,31,34-35H,7-11,20-22H2,1-6H3,(H,42,45)(H,43,46)(H,44,50)(H,47,53). The molecule has 0 aliphatic carbocycles. The average Bonchev–Trinajstić information content (AvgIpc) is 3.95. The number of carbonyl (C=O) groups excluding carboxylic acids is 4. The Morgan fingerprint density at radius 3 is 2.13 bits per heavy atom. The molecule has 4 amide bonds. The molecule has 286 valence electrons. The third-order valence-electron chi connectivity index (χ3n) is 10.8. The number of alkyl carbamates (subject to hydrolysis) is 1. The van der Waals surface area contributed by atoms with Crippen molar-refractivity contribution in [2.45, 2.75) is 96.8 Å². The van der Waals surface area contributed by atoms with Crippen LogP contribution in [0.1, 0.15) is 90.8 Å². The van der Waals surface area contributed by atoms with Crippen LogP contribution in [0.25, 0.3) is 33.6 Å². The SMILES string of the molecule is CCCC(c1ncc(-c2ccc(-c3ccc(-c4cnc(C5(C)CCCN5C(=O)C(NC(C)=O)C(C)C)[nH]4)cc3)cc2)[nH]1)N1CCCC(NC(=O)OC)C1=O. The highest BCUT2D eigenvalue weighted by Gasteiger charge is 2.45. The van der Waals surface area contributed by atoms with E-state index in [0.717, 1.165) is 77.4 Å². The van der Waals surface area contributed by atoms with Gasteiger partial charge >= 0.3 is 6.09 Å². The Balaban J connectivity index is 1.14. The van der Waals surface area contributed by atoms with Crippen LogP contribution in [0.4, 0.5) is 4.79 Å². The highest BCUT2D eigenvalue weighted by atomic mass is 16.5. The Bertz CT molecular complexity index is 1950. The Morgan fingerprint density at radius 2 is 1.54 bits per heavy atom. The summed E-state index contributed by atoms with van der Waals surface area (Å²) in [5, 5.41) is 5.52. The van der Waals surface area contributed by atoms with Crippen molar-refractivity contribution in [2.75, 3.05) is 20.2 Å². The molecule has 2 aliphatic rings. The van der Waals surface area contributed by atoms with Gasteiger partial charge in [0.05, 0.1) is 42.5 Å². The largest absolute Gasteiger partial charge is 0.453 e. The summed E-state index contributed by atoms with van der Waals surface area (Å²) in [5.41, 5.74) is 5.22. The molecule has 0 radical (unpaired) electrons. The highest BCUT2D eigenvalue weighted by molar-refractivity contribution is 5.88. The molecular formula is C41H52N8O5. The van der Waals surface area contributed by atoms with Gasteiger partial charge in [-0.1, -0.05) is 75.7 Å². The van der Waals surface area contributed by atoms with Crippen LogP contribution in [0.15, 0.2) is 60.9 Å². The van der Waals surface area contributed by atoms with Crippen LogP contribution in [0, 0.1) is 5.92 Å². The van der Waals surface area contributed by atoms with Crippen LogP contribution in [0.3, 0.4) is 0 Å². The van der Waals surface area contributed by atoms with E-state index in [1.54, 1.807) is 0 Å². The number of likely N-dealkylation sites (tertiary alicyclic amines) is 2. The molecule has 4 unspecified atom stereocenters. The summed E-state index contributed by atoms with van der Waals surface area (Å²) in [5.74, 6) is 1.00. The van der Waals surface area contributed by atoms with Crippen LogP contribution < -0.4 is 10.6 Å². The zero-order valence-electron chi connectivity index (χ0n) is 32.1. The fourth-order valence-electron chi connectivity index (χ4n) is 7.80. The number of imidazole rings is 2. The zero-order chi connectivity index (χ0) is 38.6. The number of methoxy groups -OCH3 is 1. The molecule has 2 aliphatic heterocycles. The van der Waals surface area contributed by atoms with Crippen molar-refractivity contribution >= 4 is 23.8 Å². The number of hydrogen-bond acceptors (Lipinski definition) is 7. The fraction of sp³-hybridized carbons (Fsp3) is 0.463. The summed E-state index contributed by atoms with van der Waals surface area (Å²) in [4.78, 5) is 70.9. The third-order valence-corrected chi connectivity index (χ3v) is 10.8. The van der Waals surface area contributed by atoms with Gasteiger partial charge in [0.25, 0.3) is 0 Å². The first-order valence-electron chi connectivity index (χ1n) is 19.0. The van der Waals surface area contributed by atoms with Gasteiger partial charge in [0.2, 0.25) is 17.7 Å². The Labute approximate surface area is 316 Å². The van der Waals surface area contributed by atoms with Gasteiger partial charge in [-0.3, -0.25) is 14.4 Å². The maximum atomic E-state index is 13.7. The van der Waals surface area contributed by atoms with E-state index in [2.05, 4.69) is 76.1 Å². The lowest BCUT2D eigenvalue weighted by molar-refractivity contribution is -0.141. The van der Waals surface area contributed by atoms with Crippen LogP contribution >= 0.6 is 0 Å². The molecule has 4 heterocycles. The second-order valence-electron chi connectivity index (χ2n) is 14.9. The van der Waals surface area contributed by atoms with Crippen molar-refractivity contribution in [3.05, 3.63) is 72.6 Å². The minimum Gasteiger partial charge on any atom is -0.453 e. The first-order chi connectivity index (χ1) is 25.9. The van der Waals surface area contributed by atoms with E-state index in [1.807, 2.05) is 43.0 Å². The van der Waals surface area contributed by atoms with E-state index in [1.165, 1.54) is 14.0 Å². The summed E-state index contributed by atoms with van der Waals surface area (Å²) in [7, 11) is 1.29. The highest BCUT2D eigenvalue weighted by Crippen LogP contribution is 2.39. The van der Waals surface area contributed by atoms with Gasteiger partial charge < -0.3 is 35.1 Å². The number of aromatic amines is 2. The van der Waals surface area contributed by atoms with Crippen molar-refractivity contribution in [2.24, 2.45) is 5.92 Å². The number of benzene rings is 2. The topological polar surface area (TPSA) is 165 Å². The number of ether oxygens (including phenoxy) is 1. The van der Waals surface area contributed by atoms with E-state index in [9.17, 15) is 19.2 Å². The summed E-state index contributed by atoms with van der Waals surface area (Å²) < 4.78 is 4.73. The normalized spacial score (nSPS) is 19.8. The van der Waals surface area contributed by atoms with Crippen LogP contribution in [-0.2, 0) is 24.7 Å². The Morgan fingerprint density at radius 1 is 0.926 bits per heavy atom. The molecule has 13 nitrogen and oxygen atoms in total. The van der Waals surface area contributed by atoms with Gasteiger partial charge in [-0.05, 0) is 67.2 Å². The number of carbonyl (C=O) groups is 4. The molecular weight excluding hydrogens is 685 g/mol. The summed E-state index contributed by atoms with van der Waals surface area (Å²) in [6.07, 6.45) is 7.63. The lowest BCUT2D eigenvalue weighted by Gasteiger charge is -2.37. The van der Waals surface area contributed by atoms with Crippen LogP contribution in [0.5, 0.6) is 0 Å². The second kappa shape index (κ2) is 16.3. The zero-order valence-corrected chi connectivity index (χ0v) is 32.1. The number of rotatable bonds is 12. The number of amides is 4. The van der Waals surface area contributed by atoms with Crippen molar-refractivity contribution in [3.63, 3.8) is 0 Å². The van der Waals surface area contributed by atoms with E-state index < -0.39 is 23.7 Å². The maximum Gasteiger partial charge on any atom is 0.407 e. The van der Waals surface area contributed by atoms with Crippen LogP contribution in [-0.4, -0.2) is 85.8 Å². The number of nitrogens with zero attached hydrogens (tertiary/aromatic N) is 4. The van der Waals surface area contributed by atoms with Crippen molar-refractivity contribution in [1.82, 2.24) is 40.4 Å². The molecule has 2 fully saturated rings. The molecule has 2 aromatic heterocycles. The van der Waals surface area contributed by atoms with Crippen molar-refractivity contribution in [3.8, 4) is 33.6 Å². The minimum absolute atomic E-state index is 0.0405. The minimum atomic E-state index is -0.609. The predicted molar refractivity (Wildman–Crippen MR) is 206 cm³/mol. The number of nitrogens with one attached hydrogen (secondary N) is 4. The molecule has 4 atom stereocenters. The van der Waals surface area contributed by atoms with Gasteiger partial charge in [-0.2, -0.15) is 0 Å². The summed E-state index contributed by atoms with van der Waals surface area (Å²) >= 11 is 0. The molecule has 2 aromatic carbocycles. The third kappa shape index (κ3) is 7.90. The first-order valence-corrected chi connectivity index (χ1v) is 19.0. The molecule has 0 saturated carbocycles. The van der Waals surface area contributed by atoms with Gasteiger partial charge in [0, 0.05) is 20.0 Å². The predicted octanol–water partition coefficient (Wildman–Crippen LogP) is 6.32. The molecule has 2 saturated heterocycles. The smallest absolute Gasteiger partial charge is 0.407 e. The number of aromatic nitrogens is 4. The molecule has 6 rings (SSSR count). The number of piperidine rings is 1. The lowest BCUT2D eigenvalue weighted by Crippen LogP contribution is -2.54. The molecule has 13 heteroatoms. The number of H-pyrrole nitrogens is 2. The lowest BCUT2D eigenvalue weighted by atomic mass is 9.95. The quantitative estimate of drug-likeness (QED) is 0.132. The monoisotopic (exact) mass is 736 g/mol. The van der Waals surface area contributed by atoms with Crippen molar-refractivity contribution in [1.29, 1.82) is 0 Å². The van der Waals surface area contributed by atoms with E-state index in [-0.39, 0.29) is 29.7 Å². The Kier molecular flexibility index (Phi) is 11.5. The summed E-state index contributed by atoms with van der Waals surface area (Å²) in [6.45, 7) is 10.7. The molecule has 54 heavy (non-hydrogen) atoms. The van der Waals surface area contributed by atoms with E-state index in [0.29, 0.717) is 19.5 Å². The van der Waals surface area contributed by atoms with Crippen molar-refractivity contribution < 1.29 is 23.9 Å². The van der Waals surface area contributed by atoms with E-state index >= 15 is 0 Å². The second-order valence-corrected chi connectivity index (χ2v) is 14.9. The molecule has 0 spiro atoms. The molecule has 0 bridgehead atoms.